The molecule has 0 atom stereocenters. The molecule has 0 unspecified atom stereocenters. The molecule has 0 bridgehead atoms. The van der Waals surface area contributed by atoms with E-state index < -0.39 is 0 Å². The van der Waals surface area contributed by atoms with Gasteiger partial charge < -0.3 is 0 Å². The lowest BCUT2D eigenvalue weighted by Gasteiger charge is -2.08. The third-order valence-corrected chi connectivity index (χ3v) is 1.21. The minimum Gasteiger partial charge on any atom is -0.272 e. The van der Waals surface area contributed by atoms with Crippen LogP contribution >= 0.6 is 0 Å². The van der Waals surface area contributed by atoms with Crippen molar-refractivity contribution in [1.29, 1.82) is 0 Å². The van der Waals surface area contributed by atoms with E-state index in [1.54, 1.807) is 0 Å². The smallest absolute Gasteiger partial charge is 0.253 e. The Kier molecular flexibility index (Phi) is 1.67. The molecule has 0 aromatic carbocycles. The van der Waals surface area contributed by atoms with Gasteiger partial charge in [-0.2, -0.15) is 0 Å². The van der Waals surface area contributed by atoms with E-state index in [9.17, 15) is 9.59 Å². The van der Waals surface area contributed by atoms with Crippen LogP contribution in [0.4, 0.5) is 0 Å². The zero-order chi connectivity index (χ0) is 7.56. The van der Waals surface area contributed by atoms with Gasteiger partial charge in [-0.3, -0.25) is 14.5 Å². The van der Waals surface area contributed by atoms with Gasteiger partial charge in [0.25, 0.3) is 11.8 Å². The van der Waals surface area contributed by atoms with Gasteiger partial charge in [0.15, 0.2) is 0 Å². The fourth-order valence-corrected chi connectivity index (χ4v) is 0.740. The van der Waals surface area contributed by atoms with Gasteiger partial charge in [0.2, 0.25) is 0 Å². The number of carbonyl (C=O) groups is 2. The molecule has 0 spiro atoms. The Morgan fingerprint density at radius 3 is 2.30 bits per heavy atom. The molecule has 0 aliphatic carbocycles. The van der Waals surface area contributed by atoms with Crippen molar-refractivity contribution in [3.63, 3.8) is 0 Å². The topological polar surface area (TPSA) is 37.4 Å². The van der Waals surface area contributed by atoms with Crippen LogP contribution < -0.4 is 0 Å². The van der Waals surface area contributed by atoms with Crippen LogP contribution in [0.1, 0.15) is 0 Å². The molecule has 0 N–H and O–H groups in total. The Morgan fingerprint density at radius 2 is 1.90 bits per heavy atom. The molecular formula is C7H7NO2. The highest BCUT2D eigenvalue weighted by Crippen LogP contribution is 2.01. The van der Waals surface area contributed by atoms with Crippen molar-refractivity contribution in [1.82, 2.24) is 4.90 Å². The van der Waals surface area contributed by atoms with Gasteiger partial charge >= 0.3 is 0 Å². The van der Waals surface area contributed by atoms with Crippen molar-refractivity contribution >= 4 is 11.8 Å². The van der Waals surface area contributed by atoms with Crippen LogP contribution in [0.2, 0.25) is 0 Å². The maximum absolute atomic E-state index is 10.7. The summed E-state index contributed by atoms with van der Waals surface area (Å²) in [6.07, 6.45) is 4.03. The Hall–Kier alpha value is -1.38. The van der Waals surface area contributed by atoms with E-state index in [0.717, 1.165) is 4.90 Å². The summed E-state index contributed by atoms with van der Waals surface area (Å²) in [7, 11) is 0. The van der Waals surface area contributed by atoms with Crippen LogP contribution in [0.5, 0.6) is 0 Å². The van der Waals surface area contributed by atoms with Gasteiger partial charge in [-0.25, -0.2) is 0 Å². The monoisotopic (exact) mass is 137 g/mol. The minimum atomic E-state index is -0.259. The number of imide groups is 1. The van der Waals surface area contributed by atoms with Crippen LogP contribution in [0, 0.1) is 0 Å². The number of rotatable bonds is 2. The third-order valence-electron chi connectivity index (χ3n) is 1.21. The Balaban J connectivity index is 2.69. The average Bonchev–Trinajstić information content (AvgIpc) is 2.20. The number of carbonyl (C=O) groups excluding carboxylic acids is 2. The molecule has 1 aliphatic rings. The van der Waals surface area contributed by atoms with Gasteiger partial charge in [0, 0.05) is 18.7 Å². The lowest BCUT2D eigenvalue weighted by Crippen LogP contribution is -2.29. The fraction of sp³-hybridized carbons (Fsp3) is 0.143. The van der Waals surface area contributed by atoms with Crippen molar-refractivity contribution in [2.24, 2.45) is 0 Å². The second kappa shape index (κ2) is 2.47. The second-order valence-electron chi connectivity index (χ2n) is 1.91. The largest absolute Gasteiger partial charge is 0.272 e. The molecule has 1 rings (SSSR count). The quantitative estimate of drug-likeness (QED) is 0.399. The summed E-state index contributed by atoms with van der Waals surface area (Å²) in [5, 5.41) is 0. The Bertz CT molecular complexity index is 200. The van der Waals surface area contributed by atoms with Crippen LogP contribution in [0.25, 0.3) is 0 Å². The van der Waals surface area contributed by atoms with E-state index in [-0.39, 0.29) is 11.8 Å². The third kappa shape index (κ3) is 0.978. The molecule has 1 aliphatic heterocycles. The number of hydrogen-bond donors (Lipinski definition) is 0. The van der Waals surface area contributed by atoms with E-state index >= 15 is 0 Å². The predicted molar refractivity (Wildman–Crippen MR) is 36.1 cm³/mol. The summed E-state index contributed by atoms with van der Waals surface area (Å²) in [6.45, 7) is 3.72. The molecule has 3 heteroatoms. The summed E-state index contributed by atoms with van der Waals surface area (Å²) < 4.78 is 0. The molecular weight excluding hydrogens is 130 g/mol. The maximum Gasteiger partial charge on any atom is 0.253 e. The summed E-state index contributed by atoms with van der Waals surface area (Å²) in [5.74, 6) is -0.519. The minimum absolute atomic E-state index is 0.259. The molecule has 3 nitrogen and oxygen atoms in total. The van der Waals surface area contributed by atoms with Gasteiger partial charge in [0.1, 0.15) is 0 Å². The van der Waals surface area contributed by atoms with Gasteiger partial charge in [-0.1, -0.05) is 6.08 Å². The van der Waals surface area contributed by atoms with E-state index in [4.69, 9.17) is 0 Å². The summed E-state index contributed by atoms with van der Waals surface area (Å²) in [4.78, 5) is 22.6. The number of nitrogens with zero attached hydrogens (tertiary/aromatic N) is 1. The zero-order valence-corrected chi connectivity index (χ0v) is 5.41. The summed E-state index contributed by atoms with van der Waals surface area (Å²) >= 11 is 0. The second-order valence-corrected chi connectivity index (χ2v) is 1.91. The van der Waals surface area contributed by atoms with Gasteiger partial charge in [-0.15, -0.1) is 6.58 Å². The lowest BCUT2D eigenvalue weighted by atomic mass is 10.5. The number of amides is 2. The predicted octanol–water partition coefficient (Wildman–Crippen LogP) is 0.0974. The van der Waals surface area contributed by atoms with Crippen molar-refractivity contribution in [3.05, 3.63) is 24.8 Å². The molecule has 0 radical (unpaired) electrons. The lowest BCUT2D eigenvalue weighted by molar-refractivity contribution is -0.136. The van der Waals surface area contributed by atoms with Crippen molar-refractivity contribution in [2.75, 3.05) is 6.54 Å². The van der Waals surface area contributed by atoms with Crippen LogP contribution in [-0.2, 0) is 9.59 Å². The summed E-state index contributed by atoms with van der Waals surface area (Å²) in [5.41, 5.74) is 0. The van der Waals surface area contributed by atoms with E-state index in [0.29, 0.717) is 6.54 Å². The van der Waals surface area contributed by atoms with Crippen LogP contribution in [0.3, 0.4) is 0 Å². The molecule has 0 fully saturated rings. The highest BCUT2D eigenvalue weighted by molar-refractivity contribution is 6.12. The first kappa shape index (κ1) is 6.74. The first-order chi connectivity index (χ1) is 4.75. The first-order valence-corrected chi connectivity index (χ1v) is 2.90. The fourth-order valence-electron chi connectivity index (χ4n) is 0.740. The van der Waals surface area contributed by atoms with Gasteiger partial charge in [0.05, 0.1) is 0 Å². The standard InChI is InChI=1S/C7H7NO2/c1-2-5-8-6(9)3-4-7(8)10/h2-4H,1,5H2. The first-order valence-electron chi connectivity index (χ1n) is 2.90. The highest BCUT2D eigenvalue weighted by atomic mass is 16.2. The maximum atomic E-state index is 10.7. The number of hydrogen-bond acceptors (Lipinski definition) is 2. The molecule has 0 aromatic rings. The Labute approximate surface area is 58.6 Å². The Morgan fingerprint density at radius 1 is 1.40 bits per heavy atom. The van der Waals surface area contributed by atoms with E-state index in [1.165, 1.54) is 18.2 Å². The van der Waals surface area contributed by atoms with Crippen LogP contribution in [0.15, 0.2) is 24.8 Å². The van der Waals surface area contributed by atoms with Crippen molar-refractivity contribution < 1.29 is 9.59 Å². The van der Waals surface area contributed by atoms with Crippen LogP contribution in [-0.4, -0.2) is 23.3 Å². The molecule has 0 saturated heterocycles. The molecule has 0 aromatic heterocycles. The normalized spacial score (nSPS) is 16.6. The molecule has 1 heterocycles. The van der Waals surface area contributed by atoms with Crippen molar-refractivity contribution in [3.8, 4) is 0 Å². The molecule has 10 heavy (non-hydrogen) atoms. The van der Waals surface area contributed by atoms with Gasteiger partial charge in [-0.05, 0) is 0 Å². The summed E-state index contributed by atoms with van der Waals surface area (Å²) in [6, 6.07) is 0. The molecule has 52 valence electrons. The van der Waals surface area contributed by atoms with E-state index in [2.05, 4.69) is 6.58 Å². The molecule has 0 saturated carbocycles. The van der Waals surface area contributed by atoms with E-state index in [1.807, 2.05) is 0 Å². The molecule has 2 amide bonds. The zero-order valence-electron chi connectivity index (χ0n) is 5.41. The van der Waals surface area contributed by atoms with Crippen molar-refractivity contribution in [2.45, 2.75) is 0 Å². The highest BCUT2D eigenvalue weighted by Gasteiger charge is 2.20. The SMILES string of the molecule is C=CCN1C(=O)C=CC1=O. The average molecular weight is 137 g/mol.